The van der Waals surface area contributed by atoms with E-state index in [0.29, 0.717) is 4.68 Å². The van der Waals surface area contributed by atoms with Crippen LogP contribution in [0.3, 0.4) is 0 Å². The molecule has 0 bridgehead atoms. The fraction of sp³-hybridized carbons (Fsp3) is 0.667. The van der Waals surface area contributed by atoms with Crippen molar-refractivity contribution < 1.29 is 27.8 Å². The smallest absolute Gasteiger partial charge is 0.394 e. The highest BCUT2D eigenvalue weighted by Gasteiger charge is 2.28. The minimum absolute atomic E-state index is 0.0545. The lowest BCUT2D eigenvalue weighted by Gasteiger charge is -2.13. The molecule has 3 N–H and O–H groups in total. The van der Waals surface area contributed by atoms with Crippen LogP contribution < -0.4 is 10.6 Å². The van der Waals surface area contributed by atoms with Gasteiger partial charge in [0.2, 0.25) is 0 Å². The average Bonchev–Trinajstić information content (AvgIpc) is 3.04. The summed E-state index contributed by atoms with van der Waals surface area (Å²) in [6.45, 7) is -1.01. The van der Waals surface area contributed by atoms with Crippen LogP contribution >= 0.6 is 0 Å². The summed E-state index contributed by atoms with van der Waals surface area (Å²) in [5, 5.41) is 17.4. The Hall–Kier alpha value is -1.81. The first kappa shape index (κ1) is 16.6. The van der Waals surface area contributed by atoms with E-state index in [4.69, 9.17) is 9.84 Å². The highest BCUT2D eigenvalue weighted by molar-refractivity contribution is 5.88. The first-order valence-electron chi connectivity index (χ1n) is 6.76. The number of aliphatic hydroxyl groups is 1. The van der Waals surface area contributed by atoms with Crippen LogP contribution in [-0.4, -0.2) is 52.5 Å². The molecule has 1 saturated heterocycles. The Balaban J connectivity index is 1.73. The van der Waals surface area contributed by atoms with E-state index in [0.717, 1.165) is 25.2 Å². The summed E-state index contributed by atoms with van der Waals surface area (Å²) in [7, 11) is 0. The van der Waals surface area contributed by atoms with Crippen LogP contribution in [0.2, 0.25) is 0 Å². The SMILES string of the molecule is O=C(NC[C@H]1CC[C@@H](CO)O1)Nc1cnn(CC(F)(F)F)c1. The second kappa shape index (κ2) is 6.97. The number of halogens is 3. The summed E-state index contributed by atoms with van der Waals surface area (Å²) in [4.78, 5) is 11.6. The molecule has 22 heavy (non-hydrogen) atoms. The molecule has 1 fully saturated rings. The number of alkyl halides is 3. The number of anilines is 1. The van der Waals surface area contributed by atoms with Crippen LogP contribution in [0.15, 0.2) is 12.4 Å². The van der Waals surface area contributed by atoms with Crippen molar-refractivity contribution in [3.05, 3.63) is 12.4 Å². The van der Waals surface area contributed by atoms with Crippen molar-refractivity contribution in [3.63, 3.8) is 0 Å². The summed E-state index contributed by atoms with van der Waals surface area (Å²) in [6.07, 6.45) is -1.04. The molecule has 1 aromatic rings. The molecule has 124 valence electrons. The van der Waals surface area contributed by atoms with Gasteiger partial charge in [0, 0.05) is 12.7 Å². The fourth-order valence-corrected chi connectivity index (χ4v) is 2.14. The standard InChI is InChI=1S/C12H17F3N4O3/c13-12(14,15)7-19-5-8(3-17-19)18-11(21)16-4-9-1-2-10(6-20)22-9/h3,5,9-10,20H,1-2,4,6-7H2,(H2,16,18,21)/t9-,10+/m1/s1. The number of urea groups is 1. The van der Waals surface area contributed by atoms with E-state index in [1.807, 2.05) is 0 Å². The quantitative estimate of drug-likeness (QED) is 0.758. The molecule has 1 aromatic heterocycles. The molecule has 0 saturated carbocycles. The Labute approximate surface area is 124 Å². The van der Waals surface area contributed by atoms with Crippen molar-refractivity contribution in [2.24, 2.45) is 0 Å². The van der Waals surface area contributed by atoms with Gasteiger partial charge in [0.1, 0.15) is 6.54 Å². The van der Waals surface area contributed by atoms with Crippen molar-refractivity contribution in [3.8, 4) is 0 Å². The fourth-order valence-electron chi connectivity index (χ4n) is 2.14. The minimum Gasteiger partial charge on any atom is -0.394 e. The van der Waals surface area contributed by atoms with E-state index in [9.17, 15) is 18.0 Å². The second-order valence-electron chi connectivity index (χ2n) is 5.02. The summed E-state index contributed by atoms with van der Waals surface area (Å²) in [5.41, 5.74) is 0.169. The topological polar surface area (TPSA) is 88.4 Å². The Morgan fingerprint density at radius 3 is 2.82 bits per heavy atom. The Morgan fingerprint density at radius 1 is 1.45 bits per heavy atom. The van der Waals surface area contributed by atoms with Gasteiger partial charge in [0.05, 0.1) is 30.7 Å². The molecule has 0 unspecified atom stereocenters. The third kappa shape index (κ3) is 5.19. The number of aromatic nitrogens is 2. The van der Waals surface area contributed by atoms with Gasteiger partial charge in [-0.05, 0) is 12.8 Å². The molecule has 0 radical (unpaired) electrons. The Morgan fingerprint density at radius 2 is 2.18 bits per heavy atom. The van der Waals surface area contributed by atoms with Crippen LogP contribution in [0.1, 0.15) is 12.8 Å². The Bertz CT molecular complexity index is 506. The number of amides is 2. The van der Waals surface area contributed by atoms with Gasteiger partial charge in [-0.2, -0.15) is 18.3 Å². The van der Waals surface area contributed by atoms with Crippen molar-refractivity contribution in [2.75, 3.05) is 18.5 Å². The number of rotatable bonds is 5. The summed E-state index contributed by atoms with van der Waals surface area (Å²) < 4.78 is 42.7. The van der Waals surface area contributed by atoms with Crippen LogP contribution in [-0.2, 0) is 11.3 Å². The van der Waals surface area contributed by atoms with Gasteiger partial charge in [0.15, 0.2) is 0 Å². The third-order valence-corrected chi connectivity index (χ3v) is 3.12. The van der Waals surface area contributed by atoms with Gasteiger partial charge in [-0.3, -0.25) is 4.68 Å². The predicted molar refractivity (Wildman–Crippen MR) is 70.3 cm³/mol. The van der Waals surface area contributed by atoms with E-state index in [-0.39, 0.29) is 31.0 Å². The zero-order chi connectivity index (χ0) is 16.2. The van der Waals surface area contributed by atoms with Crippen LogP contribution in [0, 0.1) is 0 Å². The Kier molecular flexibility index (Phi) is 5.24. The average molecular weight is 322 g/mol. The van der Waals surface area contributed by atoms with E-state index >= 15 is 0 Å². The highest BCUT2D eigenvalue weighted by atomic mass is 19.4. The van der Waals surface area contributed by atoms with Gasteiger partial charge < -0.3 is 20.5 Å². The lowest BCUT2D eigenvalue weighted by atomic mass is 10.2. The number of nitrogens with zero attached hydrogens (tertiary/aromatic N) is 2. The summed E-state index contributed by atoms with van der Waals surface area (Å²) in [6, 6.07) is -0.553. The second-order valence-corrected chi connectivity index (χ2v) is 5.02. The lowest BCUT2D eigenvalue weighted by molar-refractivity contribution is -0.142. The number of hydrogen-bond acceptors (Lipinski definition) is 4. The molecule has 2 rings (SSSR count). The van der Waals surface area contributed by atoms with E-state index in [2.05, 4.69) is 15.7 Å². The molecule has 1 aliphatic heterocycles. The van der Waals surface area contributed by atoms with Crippen molar-refractivity contribution in [1.82, 2.24) is 15.1 Å². The normalized spacial score (nSPS) is 21.8. The number of nitrogens with one attached hydrogen (secondary N) is 2. The van der Waals surface area contributed by atoms with Gasteiger partial charge in [-0.1, -0.05) is 0 Å². The largest absolute Gasteiger partial charge is 0.408 e. The van der Waals surface area contributed by atoms with E-state index < -0.39 is 18.8 Å². The van der Waals surface area contributed by atoms with Crippen molar-refractivity contribution in [1.29, 1.82) is 0 Å². The van der Waals surface area contributed by atoms with E-state index in [1.165, 1.54) is 0 Å². The van der Waals surface area contributed by atoms with Gasteiger partial charge >= 0.3 is 12.2 Å². The molecule has 7 nitrogen and oxygen atoms in total. The number of carbonyl (C=O) groups is 1. The van der Waals surface area contributed by atoms with Gasteiger partial charge in [-0.15, -0.1) is 0 Å². The molecule has 1 aliphatic rings. The molecule has 10 heteroatoms. The first-order chi connectivity index (χ1) is 10.4. The molecular formula is C12H17F3N4O3. The van der Waals surface area contributed by atoms with Crippen LogP contribution in [0.4, 0.5) is 23.7 Å². The number of aliphatic hydroxyl groups excluding tert-OH is 1. The maximum Gasteiger partial charge on any atom is 0.408 e. The molecule has 2 amide bonds. The van der Waals surface area contributed by atoms with E-state index in [1.54, 1.807) is 0 Å². The maximum absolute atomic E-state index is 12.2. The molecule has 2 heterocycles. The molecule has 0 aromatic carbocycles. The molecule has 0 aliphatic carbocycles. The summed E-state index contributed by atoms with van der Waals surface area (Å²) >= 11 is 0. The van der Waals surface area contributed by atoms with Crippen LogP contribution in [0.25, 0.3) is 0 Å². The van der Waals surface area contributed by atoms with Gasteiger partial charge in [-0.25, -0.2) is 4.79 Å². The first-order valence-corrected chi connectivity index (χ1v) is 6.76. The number of hydrogen-bond donors (Lipinski definition) is 3. The molecule has 2 atom stereocenters. The zero-order valence-corrected chi connectivity index (χ0v) is 11.6. The molecule has 0 spiro atoms. The van der Waals surface area contributed by atoms with Crippen molar-refractivity contribution >= 4 is 11.7 Å². The zero-order valence-electron chi connectivity index (χ0n) is 11.6. The predicted octanol–water partition coefficient (Wildman–Crippen LogP) is 1.11. The van der Waals surface area contributed by atoms with Crippen molar-refractivity contribution in [2.45, 2.75) is 37.8 Å². The highest BCUT2D eigenvalue weighted by Crippen LogP contribution is 2.19. The maximum atomic E-state index is 12.2. The molecular weight excluding hydrogens is 305 g/mol. The number of ether oxygens (including phenoxy) is 1. The minimum atomic E-state index is -4.37. The van der Waals surface area contributed by atoms with Gasteiger partial charge in [0.25, 0.3) is 0 Å². The van der Waals surface area contributed by atoms with Crippen LogP contribution in [0.5, 0.6) is 0 Å². The summed E-state index contributed by atoms with van der Waals surface area (Å²) in [5.74, 6) is 0. The lowest BCUT2D eigenvalue weighted by Crippen LogP contribution is -2.35. The number of carbonyl (C=O) groups excluding carboxylic acids is 1. The third-order valence-electron chi connectivity index (χ3n) is 3.12. The monoisotopic (exact) mass is 322 g/mol.